The Hall–Kier alpha value is -1.94. The van der Waals surface area contributed by atoms with Gasteiger partial charge in [-0.05, 0) is 31.9 Å². The highest BCUT2D eigenvalue weighted by Gasteiger charge is 2.27. The quantitative estimate of drug-likeness (QED) is 0.921. The lowest BCUT2D eigenvalue weighted by Crippen LogP contribution is -2.43. The maximum absolute atomic E-state index is 12.8. The number of nitrogens with zero attached hydrogens (tertiary/aromatic N) is 2. The Morgan fingerprint density at radius 3 is 3.00 bits per heavy atom. The van der Waals surface area contributed by atoms with Crippen LogP contribution in [0.1, 0.15) is 30.1 Å². The molecule has 1 aromatic heterocycles. The van der Waals surface area contributed by atoms with Crippen LogP contribution in [0.25, 0.3) is 10.9 Å². The molecule has 4 nitrogen and oxygen atoms in total. The molecule has 0 radical (unpaired) electrons. The van der Waals surface area contributed by atoms with Gasteiger partial charge in [0.05, 0.1) is 17.2 Å². The molecule has 1 amide bonds. The monoisotopic (exact) mass is 284 g/mol. The van der Waals surface area contributed by atoms with Crippen LogP contribution in [-0.2, 0) is 0 Å². The first-order valence-electron chi connectivity index (χ1n) is 7.48. The maximum atomic E-state index is 12.8. The van der Waals surface area contributed by atoms with Crippen molar-refractivity contribution in [1.82, 2.24) is 9.88 Å². The summed E-state index contributed by atoms with van der Waals surface area (Å²) in [5.41, 5.74) is 1.54. The fourth-order valence-corrected chi connectivity index (χ4v) is 3.04. The lowest BCUT2D eigenvalue weighted by atomic mass is 9.93. The van der Waals surface area contributed by atoms with Crippen LogP contribution in [0.15, 0.2) is 36.5 Å². The highest BCUT2D eigenvalue weighted by molar-refractivity contribution is 6.05. The molecule has 2 unspecified atom stereocenters. The minimum Gasteiger partial charge on any atom is -0.393 e. The summed E-state index contributed by atoms with van der Waals surface area (Å²) in [5.74, 6) is 0.217. The Morgan fingerprint density at radius 1 is 1.38 bits per heavy atom. The van der Waals surface area contributed by atoms with Gasteiger partial charge in [-0.3, -0.25) is 9.78 Å². The van der Waals surface area contributed by atoms with Gasteiger partial charge in [0.1, 0.15) is 0 Å². The summed E-state index contributed by atoms with van der Waals surface area (Å²) in [5, 5.41) is 10.7. The van der Waals surface area contributed by atoms with Gasteiger partial charge >= 0.3 is 0 Å². The molecule has 0 bridgehead atoms. The number of aliphatic hydroxyl groups excluding tert-OH is 1. The van der Waals surface area contributed by atoms with Gasteiger partial charge in [-0.25, -0.2) is 0 Å². The van der Waals surface area contributed by atoms with E-state index >= 15 is 0 Å². The maximum Gasteiger partial charge on any atom is 0.254 e. The van der Waals surface area contributed by atoms with Gasteiger partial charge in [0.25, 0.3) is 5.91 Å². The van der Waals surface area contributed by atoms with E-state index in [1.54, 1.807) is 19.2 Å². The summed E-state index contributed by atoms with van der Waals surface area (Å²) in [7, 11) is 0. The van der Waals surface area contributed by atoms with E-state index in [-0.39, 0.29) is 17.9 Å². The zero-order chi connectivity index (χ0) is 14.8. The van der Waals surface area contributed by atoms with Gasteiger partial charge in [0, 0.05) is 30.6 Å². The van der Waals surface area contributed by atoms with E-state index in [1.165, 1.54) is 0 Å². The number of piperidine rings is 1. The average Bonchev–Trinajstić information content (AvgIpc) is 2.53. The molecule has 2 heterocycles. The number of benzene rings is 1. The Bertz CT molecular complexity index is 649. The van der Waals surface area contributed by atoms with Gasteiger partial charge in [-0.2, -0.15) is 0 Å². The smallest absolute Gasteiger partial charge is 0.254 e. The number of carbonyl (C=O) groups excluding carboxylic acids is 1. The molecule has 3 rings (SSSR count). The first kappa shape index (κ1) is 14.0. The Labute approximate surface area is 124 Å². The summed E-state index contributed by atoms with van der Waals surface area (Å²) in [6.07, 6.45) is 3.25. The first-order valence-corrected chi connectivity index (χ1v) is 7.48. The van der Waals surface area contributed by atoms with Crippen LogP contribution in [0.3, 0.4) is 0 Å². The molecular weight excluding hydrogens is 264 g/mol. The predicted octanol–water partition coefficient (Wildman–Crippen LogP) is 2.47. The molecule has 0 saturated carbocycles. The molecule has 0 spiro atoms. The van der Waals surface area contributed by atoms with E-state index in [2.05, 4.69) is 4.98 Å². The summed E-state index contributed by atoms with van der Waals surface area (Å²) in [6, 6.07) is 9.49. The normalized spacial score (nSPS) is 20.5. The van der Waals surface area contributed by atoms with Crippen LogP contribution in [-0.4, -0.2) is 40.1 Å². The Kier molecular flexibility index (Phi) is 3.88. The molecule has 2 aromatic rings. The molecular formula is C17H20N2O2. The molecule has 4 heteroatoms. The highest BCUT2D eigenvalue weighted by Crippen LogP contribution is 2.23. The molecule has 0 aliphatic carbocycles. The zero-order valence-electron chi connectivity index (χ0n) is 12.2. The van der Waals surface area contributed by atoms with Crippen molar-refractivity contribution >= 4 is 16.8 Å². The van der Waals surface area contributed by atoms with Crippen molar-refractivity contribution < 1.29 is 9.90 Å². The molecule has 2 atom stereocenters. The number of hydrogen-bond acceptors (Lipinski definition) is 3. The Balaban J connectivity index is 1.90. The van der Waals surface area contributed by atoms with Crippen LogP contribution in [0.4, 0.5) is 0 Å². The number of para-hydroxylation sites is 1. The zero-order valence-corrected chi connectivity index (χ0v) is 12.2. The van der Waals surface area contributed by atoms with E-state index in [0.29, 0.717) is 12.1 Å². The number of fused-ring (bicyclic) bond motifs is 1. The summed E-state index contributed by atoms with van der Waals surface area (Å²) in [4.78, 5) is 19.0. The second kappa shape index (κ2) is 5.82. The lowest BCUT2D eigenvalue weighted by Gasteiger charge is -2.34. The van der Waals surface area contributed by atoms with Crippen molar-refractivity contribution in [3.05, 3.63) is 42.1 Å². The Morgan fingerprint density at radius 2 is 2.19 bits per heavy atom. The first-order chi connectivity index (χ1) is 10.2. The van der Waals surface area contributed by atoms with Crippen LogP contribution in [0, 0.1) is 5.92 Å². The van der Waals surface area contributed by atoms with Crippen molar-refractivity contribution in [3.8, 4) is 0 Å². The van der Waals surface area contributed by atoms with Gasteiger partial charge < -0.3 is 10.0 Å². The summed E-state index contributed by atoms with van der Waals surface area (Å²) in [6.45, 7) is 3.20. The molecule has 1 fully saturated rings. The van der Waals surface area contributed by atoms with Crippen molar-refractivity contribution in [2.45, 2.75) is 25.9 Å². The highest BCUT2D eigenvalue weighted by atomic mass is 16.3. The van der Waals surface area contributed by atoms with E-state index in [0.717, 1.165) is 30.3 Å². The molecule has 21 heavy (non-hydrogen) atoms. The largest absolute Gasteiger partial charge is 0.393 e. The fraction of sp³-hybridized carbons (Fsp3) is 0.412. The number of aliphatic hydroxyl groups is 1. The minimum absolute atomic E-state index is 0.0407. The van der Waals surface area contributed by atoms with Crippen LogP contribution in [0.5, 0.6) is 0 Å². The standard InChI is InChI=1S/C17H20N2O2/c1-12(20)13-5-4-10-19(11-13)17(21)15-8-9-18-16-7-3-2-6-14(15)16/h2-3,6-9,12-13,20H,4-5,10-11H2,1H3. The number of aromatic nitrogens is 1. The number of likely N-dealkylation sites (tertiary alicyclic amines) is 1. The number of pyridine rings is 1. The van der Waals surface area contributed by atoms with E-state index < -0.39 is 0 Å². The van der Waals surface area contributed by atoms with E-state index in [4.69, 9.17) is 0 Å². The lowest BCUT2D eigenvalue weighted by molar-refractivity contribution is 0.0467. The molecule has 1 aliphatic rings. The average molecular weight is 284 g/mol. The van der Waals surface area contributed by atoms with E-state index in [9.17, 15) is 9.90 Å². The number of rotatable bonds is 2. The SMILES string of the molecule is CC(O)C1CCCN(C(=O)c2ccnc3ccccc23)C1. The summed E-state index contributed by atoms with van der Waals surface area (Å²) < 4.78 is 0. The molecule has 1 aliphatic heterocycles. The number of carbonyl (C=O) groups is 1. The van der Waals surface area contributed by atoms with Gasteiger partial charge in [0.15, 0.2) is 0 Å². The van der Waals surface area contributed by atoms with Crippen LogP contribution in [0.2, 0.25) is 0 Å². The minimum atomic E-state index is -0.366. The fourth-order valence-electron chi connectivity index (χ4n) is 3.04. The second-order valence-electron chi connectivity index (χ2n) is 5.77. The third-order valence-corrected chi connectivity index (χ3v) is 4.31. The van der Waals surface area contributed by atoms with Gasteiger partial charge in [-0.15, -0.1) is 0 Å². The van der Waals surface area contributed by atoms with Gasteiger partial charge in [0.2, 0.25) is 0 Å². The third-order valence-electron chi connectivity index (χ3n) is 4.31. The van der Waals surface area contributed by atoms with E-state index in [1.807, 2.05) is 29.2 Å². The van der Waals surface area contributed by atoms with Gasteiger partial charge in [-0.1, -0.05) is 18.2 Å². The second-order valence-corrected chi connectivity index (χ2v) is 5.77. The molecule has 1 aromatic carbocycles. The molecule has 1 saturated heterocycles. The topological polar surface area (TPSA) is 53.4 Å². The molecule has 1 N–H and O–H groups in total. The summed E-state index contributed by atoms with van der Waals surface area (Å²) >= 11 is 0. The molecule has 110 valence electrons. The van der Waals surface area contributed by atoms with Crippen molar-refractivity contribution in [2.24, 2.45) is 5.92 Å². The number of hydrogen-bond donors (Lipinski definition) is 1. The van der Waals surface area contributed by atoms with Crippen LogP contribution >= 0.6 is 0 Å². The van der Waals surface area contributed by atoms with Crippen molar-refractivity contribution in [1.29, 1.82) is 0 Å². The van der Waals surface area contributed by atoms with Crippen molar-refractivity contribution in [2.75, 3.05) is 13.1 Å². The number of amides is 1. The van der Waals surface area contributed by atoms with Crippen molar-refractivity contribution in [3.63, 3.8) is 0 Å². The third kappa shape index (κ3) is 2.76. The van der Waals surface area contributed by atoms with Crippen LogP contribution < -0.4 is 0 Å². The predicted molar refractivity (Wildman–Crippen MR) is 82.1 cm³/mol.